The molecule has 0 aliphatic carbocycles. The second-order valence-electron chi connectivity index (χ2n) is 5.37. The van der Waals surface area contributed by atoms with Gasteiger partial charge in [0.2, 0.25) is 0 Å². The van der Waals surface area contributed by atoms with E-state index in [1.807, 2.05) is 13.8 Å². The van der Waals surface area contributed by atoms with E-state index in [9.17, 15) is 9.59 Å². The molecule has 0 aliphatic heterocycles. The van der Waals surface area contributed by atoms with Crippen LogP contribution in [0.3, 0.4) is 0 Å². The Balaban J connectivity index is 2.62. The Kier molecular flexibility index (Phi) is 7.39. The largest absolute Gasteiger partial charge is 0.493 e. The summed E-state index contributed by atoms with van der Waals surface area (Å²) in [5, 5.41) is 11.5. The van der Waals surface area contributed by atoms with Gasteiger partial charge in [0.25, 0.3) is 5.91 Å². The number of hydrogen-bond donors (Lipinski definition) is 2. The standard InChI is InChI=1S/C16H23NO5/c1-11(2)10-22-13-6-4-12(5-7-13)15(18)17-14(16(19)20)8-9-21-3/h4-7,11,14H,8-10H2,1-3H3,(H,17,18)(H,19,20). The Morgan fingerprint density at radius 3 is 2.36 bits per heavy atom. The van der Waals surface area contributed by atoms with Crippen LogP contribution in [0.4, 0.5) is 0 Å². The average Bonchev–Trinajstić information content (AvgIpc) is 2.49. The minimum absolute atomic E-state index is 0.215. The minimum Gasteiger partial charge on any atom is -0.493 e. The van der Waals surface area contributed by atoms with E-state index >= 15 is 0 Å². The maximum absolute atomic E-state index is 12.0. The zero-order valence-corrected chi connectivity index (χ0v) is 13.2. The van der Waals surface area contributed by atoms with Crippen LogP contribution in [0.5, 0.6) is 5.75 Å². The van der Waals surface area contributed by atoms with Crippen LogP contribution in [-0.4, -0.2) is 43.3 Å². The van der Waals surface area contributed by atoms with Crippen LogP contribution in [-0.2, 0) is 9.53 Å². The molecule has 1 aromatic carbocycles. The number of hydrogen-bond acceptors (Lipinski definition) is 4. The number of amides is 1. The zero-order chi connectivity index (χ0) is 16.5. The second-order valence-corrected chi connectivity index (χ2v) is 5.37. The number of carboxylic acids is 1. The van der Waals surface area contributed by atoms with Gasteiger partial charge in [0.05, 0.1) is 6.61 Å². The highest BCUT2D eigenvalue weighted by Gasteiger charge is 2.20. The molecule has 1 unspecified atom stereocenters. The molecule has 1 rings (SSSR count). The summed E-state index contributed by atoms with van der Waals surface area (Å²) in [5.41, 5.74) is 0.389. The lowest BCUT2D eigenvalue weighted by Gasteiger charge is -2.14. The quantitative estimate of drug-likeness (QED) is 0.728. The van der Waals surface area contributed by atoms with Crippen molar-refractivity contribution in [1.82, 2.24) is 5.32 Å². The molecule has 0 bridgehead atoms. The van der Waals surface area contributed by atoms with Crippen LogP contribution in [0, 0.1) is 5.92 Å². The number of ether oxygens (including phenoxy) is 2. The van der Waals surface area contributed by atoms with Crippen LogP contribution >= 0.6 is 0 Å². The monoisotopic (exact) mass is 309 g/mol. The van der Waals surface area contributed by atoms with Gasteiger partial charge in [0.15, 0.2) is 0 Å². The molecule has 0 saturated carbocycles. The van der Waals surface area contributed by atoms with E-state index in [2.05, 4.69) is 5.32 Å². The summed E-state index contributed by atoms with van der Waals surface area (Å²) in [6, 6.07) is 5.65. The summed E-state index contributed by atoms with van der Waals surface area (Å²) in [6.07, 6.45) is 0.215. The third kappa shape index (κ3) is 6.13. The lowest BCUT2D eigenvalue weighted by molar-refractivity contribution is -0.139. The van der Waals surface area contributed by atoms with Crippen LogP contribution in [0.1, 0.15) is 30.6 Å². The number of aliphatic carboxylic acids is 1. The highest BCUT2D eigenvalue weighted by Crippen LogP contribution is 2.13. The molecule has 6 heteroatoms. The number of methoxy groups -OCH3 is 1. The molecule has 6 nitrogen and oxygen atoms in total. The number of carbonyl (C=O) groups is 2. The van der Waals surface area contributed by atoms with E-state index < -0.39 is 17.9 Å². The fraction of sp³-hybridized carbons (Fsp3) is 0.500. The summed E-state index contributed by atoms with van der Waals surface area (Å²) in [4.78, 5) is 23.1. The van der Waals surface area contributed by atoms with Crippen LogP contribution in [0.25, 0.3) is 0 Å². The molecule has 1 atom stereocenters. The number of benzene rings is 1. The van der Waals surface area contributed by atoms with Gasteiger partial charge in [-0.2, -0.15) is 0 Å². The van der Waals surface area contributed by atoms with Gasteiger partial charge in [0, 0.05) is 25.7 Å². The molecular formula is C16H23NO5. The molecule has 1 aromatic rings. The van der Waals surface area contributed by atoms with Gasteiger partial charge >= 0.3 is 5.97 Å². The lowest BCUT2D eigenvalue weighted by Crippen LogP contribution is -2.41. The first-order valence-corrected chi connectivity index (χ1v) is 7.19. The fourth-order valence-electron chi connectivity index (χ4n) is 1.70. The molecule has 0 spiro atoms. The number of nitrogens with one attached hydrogen (secondary N) is 1. The van der Waals surface area contributed by atoms with Crippen molar-refractivity contribution in [3.05, 3.63) is 29.8 Å². The van der Waals surface area contributed by atoms with Crippen LogP contribution < -0.4 is 10.1 Å². The van der Waals surface area contributed by atoms with E-state index in [4.69, 9.17) is 14.6 Å². The molecule has 122 valence electrons. The Morgan fingerprint density at radius 1 is 1.23 bits per heavy atom. The SMILES string of the molecule is COCCC(NC(=O)c1ccc(OCC(C)C)cc1)C(=O)O. The van der Waals surface area contributed by atoms with Crippen molar-refractivity contribution in [3.8, 4) is 5.75 Å². The topological polar surface area (TPSA) is 84.9 Å². The molecule has 1 amide bonds. The predicted molar refractivity (Wildman–Crippen MR) is 82.2 cm³/mol. The van der Waals surface area contributed by atoms with E-state index in [1.165, 1.54) is 7.11 Å². The molecule has 22 heavy (non-hydrogen) atoms. The second kappa shape index (κ2) is 9.04. The summed E-state index contributed by atoms with van der Waals surface area (Å²) >= 11 is 0. The maximum Gasteiger partial charge on any atom is 0.326 e. The van der Waals surface area contributed by atoms with Gasteiger partial charge in [-0.15, -0.1) is 0 Å². The smallest absolute Gasteiger partial charge is 0.326 e. The normalized spacial score (nSPS) is 12.0. The molecule has 0 aliphatic rings. The van der Waals surface area contributed by atoms with Gasteiger partial charge in [-0.1, -0.05) is 13.8 Å². The number of rotatable bonds is 9. The Bertz CT molecular complexity index is 484. The summed E-state index contributed by atoms with van der Waals surface area (Å²) < 4.78 is 10.4. The van der Waals surface area contributed by atoms with Gasteiger partial charge < -0.3 is 19.9 Å². The maximum atomic E-state index is 12.0. The van der Waals surface area contributed by atoms with Gasteiger partial charge in [-0.25, -0.2) is 4.79 Å². The average molecular weight is 309 g/mol. The minimum atomic E-state index is -1.08. The van der Waals surface area contributed by atoms with Gasteiger partial charge in [0.1, 0.15) is 11.8 Å². The molecule has 0 aromatic heterocycles. The van der Waals surface area contributed by atoms with Crippen LogP contribution in [0.2, 0.25) is 0 Å². The van der Waals surface area contributed by atoms with Crippen molar-refractivity contribution in [2.45, 2.75) is 26.3 Å². The summed E-state index contributed by atoms with van der Waals surface area (Å²) in [7, 11) is 1.48. The first kappa shape index (κ1) is 18.0. The molecule has 0 fully saturated rings. The predicted octanol–water partition coefficient (Wildman–Crippen LogP) is 1.94. The summed E-state index contributed by atoms with van der Waals surface area (Å²) in [5.74, 6) is -0.416. The molecular weight excluding hydrogens is 286 g/mol. The third-order valence-electron chi connectivity index (χ3n) is 2.91. The van der Waals surface area contributed by atoms with Crippen molar-refractivity contribution in [2.24, 2.45) is 5.92 Å². The number of carbonyl (C=O) groups excluding carboxylic acids is 1. The highest BCUT2D eigenvalue weighted by molar-refractivity contribution is 5.96. The zero-order valence-electron chi connectivity index (χ0n) is 13.2. The molecule has 0 radical (unpaired) electrons. The highest BCUT2D eigenvalue weighted by atomic mass is 16.5. The Hall–Kier alpha value is -2.08. The fourth-order valence-corrected chi connectivity index (χ4v) is 1.70. The molecule has 0 heterocycles. The Morgan fingerprint density at radius 2 is 1.86 bits per heavy atom. The number of carboxylic acid groups (broad SMARTS) is 1. The van der Waals surface area contributed by atoms with Gasteiger partial charge in [-0.05, 0) is 30.2 Å². The van der Waals surface area contributed by atoms with Crippen molar-refractivity contribution >= 4 is 11.9 Å². The van der Waals surface area contributed by atoms with Crippen LogP contribution in [0.15, 0.2) is 24.3 Å². The Labute approximate surface area is 130 Å². The van der Waals surface area contributed by atoms with Crippen molar-refractivity contribution in [2.75, 3.05) is 20.3 Å². The summed E-state index contributed by atoms with van der Waals surface area (Å²) in [6.45, 7) is 4.96. The first-order chi connectivity index (χ1) is 10.4. The third-order valence-corrected chi connectivity index (χ3v) is 2.91. The van der Waals surface area contributed by atoms with E-state index in [0.717, 1.165) is 0 Å². The van der Waals surface area contributed by atoms with Gasteiger partial charge in [-0.3, -0.25) is 4.79 Å². The van der Waals surface area contributed by atoms with Crippen molar-refractivity contribution in [1.29, 1.82) is 0 Å². The lowest BCUT2D eigenvalue weighted by atomic mass is 10.1. The van der Waals surface area contributed by atoms with Crippen molar-refractivity contribution in [3.63, 3.8) is 0 Å². The molecule has 0 saturated heterocycles. The van der Waals surface area contributed by atoms with E-state index in [-0.39, 0.29) is 13.0 Å². The molecule has 2 N–H and O–H groups in total. The van der Waals surface area contributed by atoms with Crippen molar-refractivity contribution < 1.29 is 24.2 Å². The van der Waals surface area contributed by atoms with E-state index in [1.54, 1.807) is 24.3 Å². The van der Waals surface area contributed by atoms with E-state index in [0.29, 0.717) is 23.8 Å². The first-order valence-electron chi connectivity index (χ1n) is 7.19.